The van der Waals surface area contributed by atoms with Gasteiger partial charge in [0, 0.05) is 35.9 Å². The van der Waals surface area contributed by atoms with E-state index < -0.39 is 0 Å². The van der Waals surface area contributed by atoms with Crippen LogP contribution in [0.15, 0.2) is 116 Å². The summed E-state index contributed by atoms with van der Waals surface area (Å²) in [6, 6.07) is 35.1. The van der Waals surface area contributed by atoms with Gasteiger partial charge in [-0.05, 0) is 66.9 Å². The molecule has 0 unspecified atom stereocenters. The van der Waals surface area contributed by atoms with Crippen LogP contribution in [0.1, 0.15) is 51.5 Å². The third-order valence-electron chi connectivity index (χ3n) is 8.20. The Morgan fingerprint density at radius 3 is 2.05 bits per heavy atom. The molecule has 0 radical (unpaired) electrons. The number of likely N-dealkylation sites (tertiary alicyclic amines) is 1. The van der Waals surface area contributed by atoms with E-state index in [1.54, 1.807) is 6.20 Å². The second-order valence-electron chi connectivity index (χ2n) is 10.9. The van der Waals surface area contributed by atoms with E-state index in [4.69, 9.17) is 16.6 Å². The van der Waals surface area contributed by atoms with Gasteiger partial charge in [-0.2, -0.15) is 0 Å². The van der Waals surface area contributed by atoms with E-state index in [-0.39, 0.29) is 11.3 Å². The Morgan fingerprint density at radius 2 is 1.43 bits per heavy atom. The van der Waals surface area contributed by atoms with E-state index in [0.717, 1.165) is 42.9 Å². The van der Waals surface area contributed by atoms with Crippen molar-refractivity contribution in [2.75, 3.05) is 13.1 Å². The first-order chi connectivity index (χ1) is 20.6. The molecule has 7 heteroatoms. The van der Waals surface area contributed by atoms with Gasteiger partial charge in [0.2, 0.25) is 0 Å². The maximum atomic E-state index is 13.3. The van der Waals surface area contributed by atoms with Crippen LogP contribution in [0.4, 0.5) is 0 Å². The molecule has 6 rings (SSSR count). The molecule has 1 amide bonds. The molecular weight excluding hydrogens is 542 g/mol. The van der Waals surface area contributed by atoms with Crippen LogP contribution in [0.5, 0.6) is 0 Å². The molecule has 0 spiro atoms. The largest absolute Gasteiger partial charge is 0.344 e. The Labute approximate surface area is 252 Å². The molecule has 3 heterocycles. The fourth-order valence-electron chi connectivity index (χ4n) is 5.97. The van der Waals surface area contributed by atoms with Crippen molar-refractivity contribution in [2.24, 2.45) is 0 Å². The number of hydrogen-bond acceptors (Lipinski definition) is 4. The normalized spacial score (nSPS) is 14.9. The first-order valence-electron chi connectivity index (χ1n) is 14.4. The minimum Gasteiger partial charge on any atom is -0.344 e. The predicted molar refractivity (Wildman–Crippen MR) is 166 cm³/mol. The zero-order valence-electron chi connectivity index (χ0n) is 23.5. The lowest BCUT2D eigenvalue weighted by molar-refractivity contribution is 0.0936. The zero-order chi connectivity index (χ0) is 28.8. The van der Waals surface area contributed by atoms with Crippen LogP contribution in [0, 0.1) is 0 Å². The van der Waals surface area contributed by atoms with Crippen LogP contribution in [0.3, 0.4) is 0 Å². The Hall–Kier alpha value is -4.26. The first kappa shape index (κ1) is 27.9. The van der Waals surface area contributed by atoms with Gasteiger partial charge in [-0.25, -0.2) is 4.98 Å². The molecule has 42 heavy (non-hydrogen) atoms. The minimum absolute atomic E-state index is 0.0104. The molecule has 1 fully saturated rings. The number of nitrogens with zero attached hydrogens (tertiary/aromatic N) is 4. The Bertz CT molecular complexity index is 1550. The third kappa shape index (κ3) is 6.30. The minimum atomic E-state index is -0.216. The van der Waals surface area contributed by atoms with E-state index in [1.165, 1.54) is 11.1 Å². The lowest BCUT2D eigenvalue weighted by Gasteiger charge is -2.42. The highest BCUT2D eigenvalue weighted by atomic mass is 35.5. The summed E-state index contributed by atoms with van der Waals surface area (Å²) < 4.78 is 1.94. The number of halogens is 1. The summed E-state index contributed by atoms with van der Waals surface area (Å²) in [5.74, 6) is 0.183. The highest BCUT2D eigenvalue weighted by Gasteiger charge is 2.37. The van der Waals surface area contributed by atoms with Crippen LogP contribution in [0.2, 0.25) is 5.02 Å². The van der Waals surface area contributed by atoms with Gasteiger partial charge in [-0.15, -0.1) is 0 Å². The van der Waals surface area contributed by atoms with Gasteiger partial charge in [-0.1, -0.05) is 90.5 Å². The monoisotopic (exact) mass is 575 g/mol. The standard InChI is InChI=1S/C35H34ClN5O/c36-30-16-14-27(15-17-30)24-41-26-32(39-33(41)34(42)38-23-31-13-7-8-20-37-31)25-40-21-18-35(19-22-40,28-9-3-1-4-10-28)29-11-5-2-6-12-29/h1-17,20,26H,18-19,21-25H2,(H,38,42). The second-order valence-corrected chi connectivity index (χ2v) is 11.3. The Kier molecular flexibility index (Phi) is 8.45. The number of pyridine rings is 1. The van der Waals surface area contributed by atoms with Crippen molar-refractivity contribution in [2.45, 2.75) is 37.9 Å². The molecule has 0 saturated carbocycles. The van der Waals surface area contributed by atoms with Gasteiger partial charge in [0.1, 0.15) is 0 Å². The smallest absolute Gasteiger partial charge is 0.287 e. The summed E-state index contributed by atoms with van der Waals surface area (Å²) in [4.78, 5) is 24.9. The third-order valence-corrected chi connectivity index (χ3v) is 8.45. The molecule has 0 aliphatic carbocycles. The van der Waals surface area contributed by atoms with Crippen molar-refractivity contribution in [3.05, 3.63) is 154 Å². The zero-order valence-corrected chi connectivity index (χ0v) is 24.3. The van der Waals surface area contributed by atoms with Gasteiger partial charge in [0.25, 0.3) is 5.91 Å². The van der Waals surface area contributed by atoms with E-state index in [9.17, 15) is 4.79 Å². The number of amides is 1. The molecule has 1 saturated heterocycles. The average Bonchev–Trinajstić information content (AvgIpc) is 3.44. The van der Waals surface area contributed by atoms with Crippen molar-refractivity contribution in [3.63, 3.8) is 0 Å². The quantitative estimate of drug-likeness (QED) is 0.218. The summed E-state index contributed by atoms with van der Waals surface area (Å²) in [5.41, 5.74) is 5.47. The van der Waals surface area contributed by atoms with Crippen LogP contribution >= 0.6 is 11.6 Å². The summed E-state index contributed by atoms with van der Waals surface area (Å²) in [5, 5.41) is 3.68. The van der Waals surface area contributed by atoms with E-state index in [2.05, 4.69) is 75.9 Å². The van der Waals surface area contributed by atoms with Crippen LogP contribution in [-0.2, 0) is 25.0 Å². The molecule has 3 aromatic carbocycles. The second kappa shape index (κ2) is 12.7. The number of aromatic nitrogens is 3. The molecule has 6 nitrogen and oxygen atoms in total. The molecule has 5 aromatic rings. The molecule has 212 valence electrons. The number of imidazole rings is 1. The number of nitrogens with one attached hydrogen (secondary N) is 1. The Balaban J connectivity index is 1.20. The first-order valence-corrected chi connectivity index (χ1v) is 14.8. The summed E-state index contributed by atoms with van der Waals surface area (Å²) in [6.07, 6.45) is 5.78. The molecule has 0 atom stereocenters. The van der Waals surface area contributed by atoms with Crippen LogP contribution < -0.4 is 5.32 Å². The lowest BCUT2D eigenvalue weighted by atomic mass is 9.68. The maximum absolute atomic E-state index is 13.3. The SMILES string of the molecule is O=C(NCc1ccccn1)c1nc(CN2CCC(c3ccccc3)(c3ccccc3)CC2)cn1Cc1ccc(Cl)cc1. The van der Waals surface area contributed by atoms with Crippen LogP contribution in [0.25, 0.3) is 0 Å². The van der Waals surface area contributed by atoms with Gasteiger partial charge >= 0.3 is 0 Å². The molecule has 1 aliphatic rings. The van der Waals surface area contributed by atoms with Crippen LogP contribution in [-0.4, -0.2) is 38.4 Å². The number of hydrogen-bond donors (Lipinski definition) is 1. The number of piperidine rings is 1. The van der Waals surface area contributed by atoms with Crippen molar-refractivity contribution in [1.82, 2.24) is 24.8 Å². The average molecular weight is 576 g/mol. The van der Waals surface area contributed by atoms with Crippen molar-refractivity contribution < 1.29 is 4.79 Å². The maximum Gasteiger partial charge on any atom is 0.287 e. The van der Waals surface area contributed by atoms with Gasteiger partial charge in [0.05, 0.1) is 17.9 Å². The van der Waals surface area contributed by atoms with Crippen molar-refractivity contribution >= 4 is 17.5 Å². The fourth-order valence-corrected chi connectivity index (χ4v) is 6.09. The molecular formula is C35H34ClN5O. The molecule has 1 aliphatic heterocycles. The van der Waals surface area contributed by atoms with E-state index in [1.807, 2.05) is 53.2 Å². The number of benzene rings is 3. The van der Waals surface area contributed by atoms with Gasteiger partial charge in [0.15, 0.2) is 5.82 Å². The summed E-state index contributed by atoms with van der Waals surface area (Å²) in [6.45, 7) is 3.44. The van der Waals surface area contributed by atoms with Crippen molar-refractivity contribution in [3.8, 4) is 0 Å². The lowest BCUT2D eigenvalue weighted by Crippen LogP contribution is -2.43. The Morgan fingerprint density at radius 1 is 0.786 bits per heavy atom. The highest BCUT2D eigenvalue weighted by molar-refractivity contribution is 6.30. The molecule has 2 aromatic heterocycles. The topological polar surface area (TPSA) is 63.1 Å². The fraction of sp³-hybridized carbons (Fsp3) is 0.229. The predicted octanol–water partition coefficient (Wildman–Crippen LogP) is 6.49. The number of carbonyl (C=O) groups excluding carboxylic acids is 1. The summed E-state index contributed by atoms with van der Waals surface area (Å²) >= 11 is 6.11. The van der Waals surface area contributed by atoms with E-state index in [0.29, 0.717) is 30.5 Å². The summed E-state index contributed by atoms with van der Waals surface area (Å²) in [7, 11) is 0. The number of carbonyl (C=O) groups is 1. The van der Waals surface area contributed by atoms with E-state index >= 15 is 0 Å². The molecule has 1 N–H and O–H groups in total. The van der Waals surface area contributed by atoms with Crippen molar-refractivity contribution in [1.29, 1.82) is 0 Å². The highest BCUT2D eigenvalue weighted by Crippen LogP contribution is 2.41. The van der Waals surface area contributed by atoms with Gasteiger partial charge < -0.3 is 9.88 Å². The van der Waals surface area contributed by atoms with Gasteiger partial charge in [-0.3, -0.25) is 14.7 Å². The number of rotatable bonds is 9. The molecule has 0 bridgehead atoms.